The molecule has 112 valence electrons. The summed E-state index contributed by atoms with van der Waals surface area (Å²) in [6.07, 6.45) is 0. The molecule has 0 aliphatic carbocycles. The summed E-state index contributed by atoms with van der Waals surface area (Å²) >= 11 is 6.22. The third kappa shape index (κ3) is 3.94. The molecule has 0 aromatic heterocycles. The van der Waals surface area contributed by atoms with Crippen LogP contribution in [0.4, 0.5) is 0 Å². The van der Waals surface area contributed by atoms with Gasteiger partial charge in [0.2, 0.25) is 5.91 Å². The third-order valence-corrected chi connectivity index (χ3v) is 3.92. The number of benzene rings is 1. The highest BCUT2D eigenvalue weighted by Crippen LogP contribution is 2.21. The fourth-order valence-electron chi connectivity index (χ4n) is 2.45. The van der Waals surface area contributed by atoms with E-state index < -0.39 is 0 Å². The van der Waals surface area contributed by atoms with Crippen LogP contribution in [0, 0.1) is 11.3 Å². The number of hydrogen-bond acceptors (Lipinski definition) is 4. The van der Waals surface area contributed by atoms with Crippen LogP contribution in [0.2, 0.25) is 5.02 Å². The molecule has 2 rings (SSSR count). The molecule has 0 bridgehead atoms. The van der Waals surface area contributed by atoms with Gasteiger partial charge in [-0.25, -0.2) is 0 Å². The second-order valence-corrected chi connectivity index (χ2v) is 5.41. The van der Waals surface area contributed by atoms with Crippen LogP contribution in [0.25, 0.3) is 0 Å². The fourth-order valence-corrected chi connectivity index (χ4v) is 2.69. The maximum absolute atomic E-state index is 12.1. The molecule has 1 fully saturated rings. The van der Waals surface area contributed by atoms with Crippen molar-refractivity contribution in [3.8, 4) is 6.07 Å². The summed E-state index contributed by atoms with van der Waals surface area (Å²) in [7, 11) is 0. The Hall–Kier alpha value is -1.61. The Morgan fingerprint density at radius 3 is 3.10 bits per heavy atom. The number of nitriles is 1. The van der Waals surface area contributed by atoms with Crippen molar-refractivity contribution in [2.45, 2.75) is 19.5 Å². The van der Waals surface area contributed by atoms with Gasteiger partial charge < -0.3 is 10.6 Å². The van der Waals surface area contributed by atoms with Crippen LogP contribution in [-0.2, 0) is 11.3 Å². The summed E-state index contributed by atoms with van der Waals surface area (Å²) in [6.45, 7) is 5.42. The molecule has 1 heterocycles. The Morgan fingerprint density at radius 1 is 1.62 bits per heavy atom. The number of amides is 1. The van der Waals surface area contributed by atoms with E-state index in [4.69, 9.17) is 16.9 Å². The summed E-state index contributed by atoms with van der Waals surface area (Å²) in [5, 5.41) is 15.6. The molecule has 1 aliphatic rings. The summed E-state index contributed by atoms with van der Waals surface area (Å²) < 4.78 is 0. The molecule has 1 aromatic carbocycles. The molecular weight excluding hydrogens is 288 g/mol. The minimum atomic E-state index is -0.189. The standard InChI is InChI=1S/C15H19ClN4O/c1-2-19-15(21)14-9-18-5-6-20(14)10-12-4-3-11(8-17)7-13(12)16/h3-4,7,14,18H,2,5-6,9-10H2,1H3,(H,19,21). The van der Waals surface area contributed by atoms with Crippen molar-refractivity contribution < 1.29 is 4.79 Å². The SMILES string of the molecule is CCNC(=O)C1CNCCN1Cc1ccc(C#N)cc1Cl. The van der Waals surface area contributed by atoms with Crippen molar-refractivity contribution in [1.29, 1.82) is 5.26 Å². The van der Waals surface area contributed by atoms with Crippen molar-refractivity contribution in [3.63, 3.8) is 0 Å². The second kappa shape index (κ2) is 7.41. The van der Waals surface area contributed by atoms with Gasteiger partial charge in [-0.3, -0.25) is 9.69 Å². The number of hydrogen-bond donors (Lipinski definition) is 2. The van der Waals surface area contributed by atoms with Crippen LogP contribution in [0.3, 0.4) is 0 Å². The van der Waals surface area contributed by atoms with Crippen LogP contribution in [-0.4, -0.2) is 43.0 Å². The first kappa shape index (κ1) is 15.8. The fraction of sp³-hybridized carbons (Fsp3) is 0.467. The van der Waals surface area contributed by atoms with E-state index in [2.05, 4.69) is 21.6 Å². The summed E-state index contributed by atoms with van der Waals surface area (Å²) in [4.78, 5) is 14.2. The smallest absolute Gasteiger partial charge is 0.238 e. The minimum absolute atomic E-state index is 0.0365. The number of nitrogens with zero attached hydrogens (tertiary/aromatic N) is 2. The van der Waals surface area contributed by atoms with Gasteiger partial charge in [0.05, 0.1) is 11.6 Å². The number of carbonyl (C=O) groups excluding carboxylic acids is 1. The van der Waals surface area contributed by atoms with Crippen molar-refractivity contribution in [2.24, 2.45) is 0 Å². The molecule has 0 radical (unpaired) electrons. The van der Waals surface area contributed by atoms with Crippen molar-refractivity contribution in [2.75, 3.05) is 26.2 Å². The van der Waals surface area contributed by atoms with E-state index in [0.29, 0.717) is 30.2 Å². The predicted octanol–water partition coefficient (Wildman–Crippen LogP) is 1.12. The van der Waals surface area contributed by atoms with Crippen molar-refractivity contribution in [1.82, 2.24) is 15.5 Å². The lowest BCUT2D eigenvalue weighted by Gasteiger charge is -2.35. The molecule has 21 heavy (non-hydrogen) atoms. The van der Waals surface area contributed by atoms with Gasteiger partial charge in [-0.15, -0.1) is 0 Å². The van der Waals surface area contributed by atoms with Gasteiger partial charge >= 0.3 is 0 Å². The quantitative estimate of drug-likeness (QED) is 0.875. The Balaban J connectivity index is 2.12. The Bertz CT molecular complexity index is 555. The molecule has 1 atom stereocenters. The Morgan fingerprint density at radius 2 is 2.43 bits per heavy atom. The van der Waals surface area contributed by atoms with Crippen molar-refractivity contribution in [3.05, 3.63) is 34.3 Å². The van der Waals surface area contributed by atoms with Crippen LogP contribution in [0.5, 0.6) is 0 Å². The van der Waals surface area contributed by atoms with E-state index in [9.17, 15) is 4.79 Å². The molecule has 1 saturated heterocycles. The van der Waals surface area contributed by atoms with Gasteiger partial charge in [-0.05, 0) is 24.6 Å². The van der Waals surface area contributed by atoms with Gasteiger partial charge in [0, 0.05) is 37.7 Å². The second-order valence-electron chi connectivity index (χ2n) is 5.00. The lowest BCUT2D eigenvalue weighted by molar-refractivity contribution is -0.127. The Kier molecular flexibility index (Phi) is 5.57. The molecule has 1 aromatic rings. The highest BCUT2D eigenvalue weighted by Gasteiger charge is 2.28. The molecule has 0 saturated carbocycles. The molecule has 1 unspecified atom stereocenters. The number of halogens is 1. The molecule has 6 heteroatoms. The topological polar surface area (TPSA) is 68.2 Å². The van der Waals surface area contributed by atoms with Crippen LogP contribution in [0.1, 0.15) is 18.1 Å². The first-order chi connectivity index (χ1) is 10.2. The number of piperazine rings is 1. The van der Waals surface area contributed by atoms with E-state index in [1.807, 2.05) is 13.0 Å². The zero-order valence-corrected chi connectivity index (χ0v) is 12.8. The first-order valence-electron chi connectivity index (χ1n) is 7.06. The average Bonchev–Trinajstić information content (AvgIpc) is 2.50. The van der Waals surface area contributed by atoms with Gasteiger partial charge in [-0.2, -0.15) is 5.26 Å². The summed E-state index contributed by atoms with van der Waals surface area (Å²) in [6, 6.07) is 7.16. The number of nitrogens with one attached hydrogen (secondary N) is 2. The molecule has 0 spiro atoms. The monoisotopic (exact) mass is 306 g/mol. The molecular formula is C15H19ClN4O. The maximum atomic E-state index is 12.1. The van der Waals surface area contributed by atoms with Gasteiger partial charge in [0.15, 0.2) is 0 Å². The Labute approximate surface area is 129 Å². The van der Waals surface area contributed by atoms with E-state index in [-0.39, 0.29) is 11.9 Å². The van der Waals surface area contributed by atoms with E-state index in [1.54, 1.807) is 12.1 Å². The average molecular weight is 307 g/mol. The molecule has 5 nitrogen and oxygen atoms in total. The van der Waals surface area contributed by atoms with Gasteiger partial charge in [0.1, 0.15) is 6.04 Å². The summed E-state index contributed by atoms with van der Waals surface area (Å²) in [5.41, 5.74) is 1.48. The normalized spacial score (nSPS) is 19.0. The van der Waals surface area contributed by atoms with Crippen molar-refractivity contribution >= 4 is 17.5 Å². The lowest BCUT2D eigenvalue weighted by atomic mass is 10.1. The zero-order valence-electron chi connectivity index (χ0n) is 12.0. The van der Waals surface area contributed by atoms with E-state index >= 15 is 0 Å². The predicted molar refractivity (Wildman–Crippen MR) is 81.9 cm³/mol. The van der Waals surface area contributed by atoms with Crippen LogP contribution >= 0.6 is 11.6 Å². The minimum Gasteiger partial charge on any atom is -0.355 e. The largest absolute Gasteiger partial charge is 0.355 e. The highest BCUT2D eigenvalue weighted by molar-refractivity contribution is 6.31. The van der Waals surface area contributed by atoms with Crippen LogP contribution < -0.4 is 10.6 Å². The zero-order chi connectivity index (χ0) is 15.2. The number of carbonyl (C=O) groups is 1. The number of likely N-dealkylation sites (N-methyl/N-ethyl adjacent to an activating group) is 1. The van der Waals surface area contributed by atoms with Gasteiger partial charge in [-0.1, -0.05) is 17.7 Å². The van der Waals surface area contributed by atoms with E-state index in [1.165, 1.54) is 0 Å². The summed E-state index contributed by atoms with van der Waals surface area (Å²) in [5.74, 6) is 0.0365. The van der Waals surface area contributed by atoms with E-state index in [0.717, 1.165) is 18.7 Å². The van der Waals surface area contributed by atoms with Crippen LogP contribution in [0.15, 0.2) is 18.2 Å². The molecule has 1 aliphatic heterocycles. The van der Waals surface area contributed by atoms with Gasteiger partial charge in [0.25, 0.3) is 0 Å². The third-order valence-electron chi connectivity index (χ3n) is 3.56. The lowest BCUT2D eigenvalue weighted by Crippen LogP contribution is -2.57. The number of rotatable bonds is 4. The first-order valence-corrected chi connectivity index (χ1v) is 7.44. The molecule has 1 amide bonds. The maximum Gasteiger partial charge on any atom is 0.238 e. The highest BCUT2D eigenvalue weighted by atomic mass is 35.5. The molecule has 2 N–H and O–H groups in total.